The minimum absolute atomic E-state index is 0.0908. The van der Waals surface area contributed by atoms with Crippen LogP contribution in [0, 0.1) is 22.5 Å². The Balaban J connectivity index is 0.000000320. The van der Waals surface area contributed by atoms with E-state index in [0.29, 0.717) is 58.1 Å². The lowest BCUT2D eigenvalue weighted by atomic mass is 9.81. The summed E-state index contributed by atoms with van der Waals surface area (Å²) in [5.41, 5.74) is 4.01. The summed E-state index contributed by atoms with van der Waals surface area (Å²) < 4.78 is 68.2. The fraction of sp³-hybridized carbons (Fsp3) is 0.520. The van der Waals surface area contributed by atoms with Crippen molar-refractivity contribution < 1.29 is 36.6 Å². The fourth-order valence-corrected chi connectivity index (χ4v) is 7.82. The molecule has 0 saturated heterocycles. The maximum absolute atomic E-state index is 15.6. The summed E-state index contributed by atoms with van der Waals surface area (Å²) in [6.45, 7) is 34.4. The molecule has 5 nitrogen and oxygen atoms in total. The minimum atomic E-state index is -1.94. The van der Waals surface area contributed by atoms with Crippen LogP contribution in [0.15, 0.2) is 72.8 Å². The number of hydrogen-bond acceptors (Lipinski definition) is 5. The first-order valence-electron chi connectivity index (χ1n) is 20.9. The number of aliphatic hydroxyl groups is 1. The Bertz CT molecular complexity index is 1910. The molecule has 4 aromatic carbocycles. The Morgan fingerprint density at radius 2 is 0.883 bits per heavy atom. The highest BCUT2D eigenvalue weighted by Crippen LogP contribution is 2.44. The molecular formula is C50H73F3O5Si2. The number of methoxy groups -OCH3 is 2. The second kappa shape index (κ2) is 19.3. The molecule has 0 heterocycles. The number of ether oxygens (including phenoxy) is 2. The molecule has 0 aliphatic heterocycles. The van der Waals surface area contributed by atoms with Gasteiger partial charge in [-0.15, -0.1) is 0 Å². The third kappa shape index (κ3) is 12.8. The van der Waals surface area contributed by atoms with Gasteiger partial charge < -0.3 is 23.4 Å². The first-order valence-corrected chi connectivity index (χ1v) is 26.7. The maximum atomic E-state index is 15.6. The van der Waals surface area contributed by atoms with E-state index in [1.54, 1.807) is 37.4 Å². The van der Waals surface area contributed by atoms with E-state index >= 15 is 4.39 Å². The van der Waals surface area contributed by atoms with Crippen LogP contribution in [-0.2, 0) is 22.1 Å². The number of hydrogen-bond donors (Lipinski definition) is 1. The van der Waals surface area contributed by atoms with Gasteiger partial charge in [-0.2, -0.15) is 0 Å². The van der Waals surface area contributed by atoms with Gasteiger partial charge in [0.2, 0.25) is 0 Å². The predicted molar refractivity (Wildman–Crippen MR) is 248 cm³/mol. The van der Waals surface area contributed by atoms with E-state index < -0.39 is 45.6 Å². The molecule has 10 heteroatoms. The number of rotatable bonds is 12. The topological polar surface area (TPSA) is 57.2 Å². The van der Waals surface area contributed by atoms with Crippen LogP contribution in [0.2, 0.25) is 36.3 Å². The zero-order valence-electron chi connectivity index (χ0n) is 39.7. The number of aliphatic hydroxyl groups excluding tert-OH is 1. The van der Waals surface area contributed by atoms with Crippen LogP contribution >= 0.6 is 0 Å². The molecule has 0 aromatic heterocycles. The number of halogens is 3. The van der Waals surface area contributed by atoms with Crippen molar-refractivity contribution in [2.75, 3.05) is 14.2 Å². The molecule has 0 spiro atoms. The van der Waals surface area contributed by atoms with Crippen LogP contribution < -0.4 is 9.47 Å². The Morgan fingerprint density at radius 3 is 1.22 bits per heavy atom. The van der Waals surface area contributed by atoms with E-state index in [9.17, 15) is 13.9 Å². The summed E-state index contributed by atoms with van der Waals surface area (Å²) in [5.74, 6) is 0.369. The molecule has 1 N–H and O–H groups in total. The Kier molecular flexibility index (Phi) is 16.4. The van der Waals surface area contributed by atoms with Crippen molar-refractivity contribution in [1.82, 2.24) is 0 Å². The SMILES string of the molecule is COc1ccc(F)c(-c2ccc(CO[Si](C)(C)C(C)(C)C)cc2C(F)C(C)(C)C)c1.COc1ccc(F)c(-c2ccc(CO[Si](C)(C)C(C)(C)C)cc2C(O)C(C)(C)C)c1. The Hall–Kier alpha value is -3.42. The van der Waals surface area contributed by atoms with Gasteiger partial charge in [-0.3, -0.25) is 0 Å². The third-order valence-electron chi connectivity index (χ3n) is 12.1. The van der Waals surface area contributed by atoms with Gasteiger partial charge in [-0.1, -0.05) is 113 Å². The molecule has 0 bridgehead atoms. The molecule has 0 aliphatic carbocycles. The van der Waals surface area contributed by atoms with Crippen molar-refractivity contribution in [3.63, 3.8) is 0 Å². The highest BCUT2D eigenvalue weighted by Gasteiger charge is 2.38. The number of benzene rings is 4. The van der Waals surface area contributed by atoms with Crippen molar-refractivity contribution in [2.45, 2.75) is 145 Å². The van der Waals surface area contributed by atoms with Gasteiger partial charge in [0.1, 0.15) is 29.3 Å². The quantitative estimate of drug-likeness (QED) is 0.144. The molecule has 332 valence electrons. The average Bonchev–Trinajstić information content (AvgIpc) is 3.14. The van der Waals surface area contributed by atoms with Crippen LogP contribution in [0.4, 0.5) is 13.2 Å². The van der Waals surface area contributed by atoms with E-state index in [4.69, 9.17) is 18.3 Å². The average molecular weight is 867 g/mol. The maximum Gasteiger partial charge on any atom is 0.192 e. The van der Waals surface area contributed by atoms with Crippen molar-refractivity contribution in [3.8, 4) is 33.8 Å². The van der Waals surface area contributed by atoms with E-state index in [-0.39, 0.29) is 15.9 Å². The van der Waals surface area contributed by atoms with Crippen molar-refractivity contribution in [1.29, 1.82) is 0 Å². The molecule has 0 radical (unpaired) electrons. The lowest BCUT2D eigenvalue weighted by Gasteiger charge is -2.36. The molecule has 60 heavy (non-hydrogen) atoms. The van der Waals surface area contributed by atoms with Crippen molar-refractivity contribution in [2.24, 2.45) is 10.8 Å². The van der Waals surface area contributed by atoms with E-state index in [1.165, 1.54) is 19.2 Å². The predicted octanol–water partition coefficient (Wildman–Crippen LogP) is 15.2. The summed E-state index contributed by atoms with van der Waals surface area (Å²) in [4.78, 5) is 0. The van der Waals surface area contributed by atoms with Gasteiger partial charge in [-0.25, -0.2) is 13.2 Å². The first-order chi connectivity index (χ1) is 27.3. The molecule has 0 aliphatic rings. The summed E-state index contributed by atoms with van der Waals surface area (Å²) in [7, 11) is -0.752. The zero-order chi connectivity index (χ0) is 45.8. The van der Waals surface area contributed by atoms with Crippen LogP contribution in [0.25, 0.3) is 22.3 Å². The summed E-state index contributed by atoms with van der Waals surface area (Å²) in [5, 5.41) is 11.3. The standard InChI is InChI=1S/C25H36F2O2Si.C25H37FO3Si/c2*1-24(2,3)23(27)21-14-17(16-29-30(8,9)25(4,5)6)10-12-19(21)20-15-18(28-7)11-13-22(20)26/h10-15,23H,16H2,1-9H3;10-15,23,27H,16H2,1-9H3. The summed E-state index contributed by atoms with van der Waals surface area (Å²) in [6.07, 6.45) is -2.02. The summed E-state index contributed by atoms with van der Waals surface area (Å²) >= 11 is 0. The highest BCUT2D eigenvalue weighted by atomic mass is 28.4. The lowest BCUT2D eigenvalue weighted by Crippen LogP contribution is -2.40. The van der Waals surface area contributed by atoms with Gasteiger partial charge >= 0.3 is 0 Å². The summed E-state index contributed by atoms with van der Waals surface area (Å²) in [6, 6.07) is 20.5. The van der Waals surface area contributed by atoms with E-state index in [1.807, 2.05) is 71.9 Å². The van der Waals surface area contributed by atoms with Crippen LogP contribution in [0.1, 0.15) is 118 Å². The number of alkyl halides is 1. The van der Waals surface area contributed by atoms with Gasteiger partial charge in [0.05, 0.1) is 33.5 Å². The van der Waals surface area contributed by atoms with Crippen molar-refractivity contribution in [3.05, 3.63) is 107 Å². The molecule has 0 saturated carbocycles. The molecule has 4 rings (SSSR count). The first kappa shape index (κ1) is 50.9. The fourth-order valence-electron chi connectivity index (χ4n) is 5.90. The van der Waals surface area contributed by atoms with Gasteiger partial charge in [0.15, 0.2) is 16.6 Å². The van der Waals surface area contributed by atoms with Crippen LogP contribution in [-0.4, -0.2) is 36.0 Å². The largest absolute Gasteiger partial charge is 0.497 e. The molecule has 0 amide bonds. The van der Waals surface area contributed by atoms with Crippen LogP contribution in [0.3, 0.4) is 0 Å². The zero-order valence-corrected chi connectivity index (χ0v) is 41.7. The Morgan fingerprint density at radius 1 is 0.517 bits per heavy atom. The normalized spacial score (nSPS) is 14.0. The van der Waals surface area contributed by atoms with Crippen LogP contribution in [0.5, 0.6) is 11.5 Å². The molecule has 2 unspecified atom stereocenters. The van der Waals surface area contributed by atoms with Gasteiger partial charge in [-0.05, 0) is 123 Å². The van der Waals surface area contributed by atoms with E-state index in [2.05, 4.69) is 67.7 Å². The van der Waals surface area contributed by atoms with Crippen molar-refractivity contribution >= 4 is 16.6 Å². The second-order valence-corrected chi connectivity index (χ2v) is 30.7. The smallest absolute Gasteiger partial charge is 0.192 e. The molecular weight excluding hydrogens is 794 g/mol. The Labute approximate surface area is 362 Å². The highest BCUT2D eigenvalue weighted by molar-refractivity contribution is 6.74. The molecule has 0 fully saturated rings. The monoisotopic (exact) mass is 866 g/mol. The third-order valence-corrected chi connectivity index (χ3v) is 21.1. The van der Waals surface area contributed by atoms with Gasteiger partial charge in [0.25, 0.3) is 0 Å². The molecule has 4 aromatic rings. The molecule has 2 atom stereocenters. The van der Waals surface area contributed by atoms with E-state index in [0.717, 1.165) is 11.1 Å². The minimum Gasteiger partial charge on any atom is -0.497 e. The van der Waals surface area contributed by atoms with Gasteiger partial charge in [0, 0.05) is 11.1 Å². The lowest BCUT2D eigenvalue weighted by molar-refractivity contribution is 0.0630. The second-order valence-electron chi connectivity index (χ2n) is 21.1.